The minimum absolute atomic E-state index is 0. The molecule has 1 aromatic carbocycles. The molecular formula is C19H33NaO8. The number of methoxy groups -OCH3 is 1. The van der Waals surface area contributed by atoms with Gasteiger partial charge < -0.3 is 38.7 Å². The van der Waals surface area contributed by atoms with Crippen molar-refractivity contribution in [3.05, 3.63) is 30.3 Å². The molecular weight excluding hydrogens is 379 g/mol. The van der Waals surface area contributed by atoms with E-state index in [1.54, 1.807) is 19.2 Å². The summed E-state index contributed by atoms with van der Waals surface area (Å²) in [6.07, 6.45) is -1.37. The van der Waals surface area contributed by atoms with Crippen molar-refractivity contribution in [2.75, 3.05) is 53.4 Å². The SMILES string of the molecule is C.C.COCCOCC(COCC(=O)[O-])OCC(O)COc1ccccc1.[Na+]. The molecule has 2 unspecified atom stereocenters. The third-order valence-electron chi connectivity index (χ3n) is 2.97. The summed E-state index contributed by atoms with van der Waals surface area (Å²) in [5, 5.41) is 20.3. The number of ether oxygens (including phenoxy) is 5. The van der Waals surface area contributed by atoms with Crippen LogP contribution in [0.2, 0.25) is 0 Å². The van der Waals surface area contributed by atoms with Crippen molar-refractivity contribution in [1.29, 1.82) is 0 Å². The maximum absolute atomic E-state index is 10.4. The molecule has 0 aliphatic rings. The van der Waals surface area contributed by atoms with Crippen LogP contribution in [-0.2, 0) is 23.7 Å². The third-order valence-corrected chi connectivity index (χ3v) is 2.97. The Bertz CT molecular complexity index is 461. The molecule has 2 atom stereocenters. The summed E-state index contributed by atoms with van der Waals surface area (Å²) in [6.45, 7) is 0.533. The average Bonchev–Trinajstić information content (AvgIpc) is 2.61. The Balaban J connectivity index is -0.00000208. The van der Waals surface area contributed by atoms with Crippen LogP contribution in [0, 0.1) is 0 Å². The summed E-state index contributed by atoms with van der Waals surface area (Å²) in [4.78, 5) is 10.4. The Labute approximate surface area is 190 Å². The molecule has 8 nitrogen and oxygen atoms in total. The maximum Gasteiger partial charge on any atom is 1.00 e. The minimum atomic E-state index is -1.31. The van der Waals surface area contributed by atoms with Crippen LogP contribution in [0.5, 0.6) is 5.75 Å². The summed E-state index contributed by atoms with van der Waals surface area (Å²) in [7, 11) is 1.56. The van der Waals surface area contributed by atoms with Crippen LogP contribution in [0.1, 0.15) is 14.9 Å². The van der Waals surface area contributed by atoms with Crippen molar-refractivity contribution >= 4 is 5.97 Å². The smallest absolute Gasteiger partial charge is 0.548 e. The maximum atomic E-state index is 10.4. The number of aliphatic carboxylic acids is 1. The van der Waals surface area contributed by atoms with Gasteiger partial charge in [-0.3, -0.25) is 0 Å². The molecule has 0 saturated heterocycles. The zero-order chi connectivity index (χ0) is 18.3. The number of carbonyl (C=O) groups excluding carboxylic acids is 1. The number of aliphatic hydroxyl groups is 1. The number of hydrogen-bond donors (Lipinski definition) is 1. The third kappa shape index (κ3) is 17.4. The molecule has 0 spiro atoms. The number of aliphatic hydroxyl groups excluding tert-OH is 1. The van der Waals surface area contributed by atoms with Gasteiger partial charge in [0, 0.05) is 7.11 Å². The van der Waals surface area contributed by atoms with E-state index in [1.165, 1.54) is 0 Å². The van der Waals surface area contributed by atoms with Crippen LogP contribution < -0.4 is 39.4 Å². The molecule has 0 aliphatic carbocycles. The van der Waals surface area contributed by atoms with E-state index < -0.39 is 24.8 Å². The van der Waals surface area contributed by atoms with Crippen LogP contribution in [0.4, 0.5) is 0 Å². The Morgan fingerprint density at radius 1 is 1.04 bits per heavy atom. The van der Waals surface area contributed by atoms with E-state index in [0.29, 0.717) is 19.0 Å². The van der Waals surface area contributed by atoms with Gasteiger partial charge >= 0.3 is 29.6 Å². The molecule has 0 amide bonds. The fourth-order valence-corrected chi connectivity index (χ4v) is 1.78. The van der Waals surface area contributed by atoms with E-state index in [2.05, 4.69) is 0 Å². The van der Waals surface area contributed by atoms with E-state index in [4.69, 9.17) is 23.7 Å². The Hall–Kier alpha value is -0.710. The van der Waals surface area contributed by atoms with Crippen LogP contribution >= 0.6 is 0 Å². The van der Waals surface area contributed by atoms with Gasteiger partial charge in [0.2, 0.25) is 0 Å². The predicted octanol–water partition coefficient (Wildman–Crippen LogP) is -2.48. The summed E-state index contributed by atoms with van der Waals surface area (Å²) < 4.78 is 26.1. The summed E-state index contributed by atoms with van der Waals surface area (Å²) >= 11 is 0. The number of carboxylic acids is 1. The second kappa shape index (κ2) is 21.0. The zero-order valence-electron chi connectivity index (χ0n) is 15.3. The van der Waals surface area contributed by atoms with E-state index in [-0.39, 0.29) is 70.8 Å². The number of carbonyl (C=O) groups is 1. The van der Waals surface area contributed by atoms with Crippen molar-refractivity contribution in [2.24, 2.45) is 0 Å². The molecule has 28 heavy (non-hydrogen) atoms. The number of benzene rings is 1. The normalized spacial score (nSPS) is 11.9. The molecule has 0 aliphatic heterocycles. The van der Waals surface area contributed by atoms with Gasteiger partial charge in [0.1, 0.15) is 24.6 Å². The first-order valence-electron chi connectivity index (χ1n) is 7.93. The van der Waals surface area contributed by atoms with E-state index in [9.17, 15) is 15.0 Å². The van der Waals surface area contributed by atoms with Crippen molar-refractivity contribution in [3.63, 3.8) is 0 Å². The van der Waals surface area contributed by atoms with Crippen molar-refractivity contribution < 1.29 is 68.2 Å². The van der Waals surface area contributed by atoms with Crippen LogP contribution in [0.25, 0.3) is 0 Å². The minimum Gasteiger partial charge on any atom is -0.548 e. The second-order valence-electron chi connectivity index (χ2n) is 5.19. The zero-order valence-corrected chi connectivity index (χ0v) is 17.3. The quantitative estimate of drug-likeness (QED) is 0.249. The van der Waals surface area contributed by atoms with Gasteiger partial charge in [-0.25, -0.2) is 0 Å². The largest absolute Gasteiger partial charge is 1.00 e. The summed E-state index contributed by atoms with van der Waals surface area (Å²) in [6, 6.07) is 9.11. The molecule has 0 saturated carbocycles. The molecule has 9 heteroatoms. The molecule has 158 valence electrons. The first-order valence-corrected chi connectivity index (χ1v) is 7.93. The number of hydrogen-bond acceptors (Lipinski definition) is 8. The molecule has 1 rings (SSSR count). The van der Waals surface area contributed by atoms with Crippen molar-refractivity contribution in [1.82, 2.24) is 0 Å². The molecule has 0 radical (unpaired) electrons. The summed E-state index contributed by atoms with van der Waals surface area (Å²) in [5.74, 6) is -0.659. The number of carboxylic acid groups (broad SMARTS) is 1. The van der Waals surface area contributed by atoms with Gasteiger partial charge in [0.25, 0.3) is 0 Å². The van der Waals surface area contributed by atoms with E-state index in [0.717, 1.165) is 0 Å². The van der Waals surface area contributed by atoms with Gasteiger partial charge in [0.15, 0.2) is 0 Å². The standard InChI is InChI=1S/C17H26O8.2CH4.Na/c1-21-7-8-22-11-16(12-23-13-17(19)20)25-10-14(18)9-24-15-5-3-2-4-6-15;;;/h2-6,14,16,18H,7-13H2,1H3,(H,19,20);2*1H4;/q;;;+1/p-1. The van der Waals surface area contributed by atoms with Crippen LogP contribution in [0.15, 0.2) is 30.3 Å². The topological polar surface area (TPSA) is 107 Å². The van der Waals surface area contributed by atoms with E-state index in [1.807, 2.05) is 18.2 Å². The molecule has 0 bridgehead atoms. The Morgan fingerprint density at radius 2 is 1.68 bits per heavy atom. The first kappa shape index (κ1) is 32.0. The molecule has 1 aromatic rings. The van der Waals surface area contributed by atoms with Crippen molar-refractivity contribution in [3.8, 4) is 5.75 Å². The monoisotopic (exact) mass is 412 g/mol. The summed E-state index contributed by atoms with van der Waals surface area (Å²) in [5.41, 5.74) is 0. The van der Waals surface area contributed by atoms with Crippen LogP contribution in [0.3, 0.4) is 0 Å². The Morgan fingerprint density at radius 3 is 2.29 bits per heavy atom. The van der Waals surface area contributed by atoms with Gasteiger partial charge in [0.05, 0.1) is 45.6 Å². The van der Waals surface area contributed by atoms with Gasteiger partial charge in [-0.2, -0.15) is 0 Å². The van der Waals surface area contributed by atoms with Gasteiger partial charge in [-0.1, -0.05) is 33.1 Å². The molecule has 0 fully saturated rings. The predicted molar refractivity (Wildman–Crippen MR) is 99.7 cm³/mol. The van der Waals surface area contributed by atoms with E-state index >= 15 is 0 Å². The first-order chi connectivity index (χ1) is 12.1. The van der Waals surface area contributed by atoms with Crippen LogP contribution in [-0.4, -0.2) is 76.6 Å². The Kier molecular flexibility index (Phi) is 24.0. The molecule has 0 heterocycles. The average molecular weight is 412 g/mol. The van der Waals surface area contributed by atoms with Crippen molar-refractivity contribution in [2.45, 2.75) is 27.1 Å². The fraction of sp³-hybridized carbons (Fsp3) is 0.632. The van der Waals surface area contributed by atoms with Gasteiger partial charge in [-0.15, -0.1) is 0 Å². The van der Waals surface area contributed by atoms with Gasteiger partial charge in [-0.05, 0) is 12.1 Å². The number of para-hydroxylation sites is 1. The second-order valence-corrected chi connectivity index (χ2v) is 5.19. The molecule has 1 N–H and O–H groups in total. The fourth-order valence-electron chi connectivity index (χ4n) is 1.78. The molecule has 0 aromatic heterocycles. The number of rotatable bonds is 15.